The van der Waals surface area contributed by atoms with Crippen LogP contribution in [-0.4, -0.2) is 23.0 Å². The Morgan fingerprint density at radius 1 is 1.15 bits per heavy atom. The topological polar surface area (TPSA) is 84.1 Å². The number of rotatable bonds is 4. The summed E-state index contributed by atoms with van der Waals surface area (Å²) in [7, 11) is 1.49. The fraction of sp³-hybridized carbons (Fsp3) is 0.0556. The van der Waals surface area contributed by atoms with Gasteiger partial charge in [0.25, 0.3) is 11.5 Å². The lowest BCUT2D eigenvalue weighted by atomic mass is 10.2. The highest BCUT2D eigenvalue weighted by Gasteiger charge is 2.14. The molecule has 3 rings (SSSR count). The lowest BCUT2D eigenvalue weighted by molar-refractivity contribution is 0.102. The molecule has 0 aliphatic rings. The number of ether oxygens (including phenoxy) is 1. The smallest absolute Gasteiger partial charge is 0.264 e. The van der Waals surface area contributed by atoms with E-state index in [1.807, 2.05) is 0 Å². The summed E-state index contributed by atoms with van der Waals surface area (Å²) in [6.07, 6.45) is 1.23. The van der Waals surface area contributed by atoms with Gasteiger partial charge < -0.3 is 15.0 Å². The number of hydrogen-bond acceptors (Lipinski definition) is 4. The van der Waals surface area contributed by atoms with Gasteiger partial charge in [-0.3, -0.25) is 9.59 Å². The number of halogens is 2. The summed E-state index contributed by atoms with van der Waals surface area (Å²) in [6, 6.07) is 11.6. The summed E-state index contributed by atoms with van der Waals surface area (Å²) in [5, 5.41) is 3.52. The zero-order chi connectivity index (χ0) is 18.7. The molecule has 3 aromatic rings. The second-order valence-electron chi connectivity index (χ2n) is 5.28. The van der Waals surface area contributed by atoms with Gasteiger partial charge in [0, 0.05) is 22.5 Å². The van der Waals surface area contributed by atoms with Crippen molar-refractivity contribution >= 4 is 34.8 Å². The number of aromatic nitrogens is 2. The summed E-state index contributed by atoms with van der Waals surface area (Å²) in [5.74, 6) is 0.231. The first-order chi connectivity index (χ1) is 12.5. The van der Waals surface area contributed by atoms with Crippen molar-refractivity contribution < 1.29 is 9.53 Å². The van der Waals surface area contributed by atoms with Crippen LogP contribution >= 0.6 is 23.2 Å². The molecule has 8 heteroatoms. The number of anilines is 1. The minimum atomic E-state index is -0.595. The molecule has 1 heterocycles. The Hall–Kier alpha value is -2.83. The Bertz CT molecular complexity index is 1020. The van der Waals surface area contributed by atoms with Crippen molar-refractivity contribution in [2.45, 2.75) is 0 Å². The molecule has 0 fully saturated rings. The van der Waals surface area contributed by atoms with Gasteiger partial charge in [-0.15, -0.1) is 0 Å². The van der Waals surface area contributed by atoms with Crippen LogP contribution < -0.4 is 15.6 Å². The van der Waals surface area contributed by atoms with Crippen LogP contribution in [0.3, 0.4) is 0 Å². The molecule has 2 aromatic carbocycles. The van der Waals surface area contributed by atoms with Crippen molar-refractivity contribution in [2.75, 3.05) is 12.4 Å². The van der Waals surface area contributed by atoms with Crippen LogP contribution in [0.25, 0.3) is 11.4 Å². The highest BCUT2D eigenvalue weighted by atomic mass is 35.5. The van der Waals surface area contributed by atoms with Crippen LogP contribution in [0.1, 0.15) is 10.4 Å². The fourth-order valence-electron chi connectivity index (χ4n) is 2.25. The lowest BCUT2D eigenvalue weighted by Gasteiger charge is -2.08. The second kappa shape index (κ2) is 7.59. The number of nitrogens with one attached hydrogen (secondary N) is 2. The van der Waals surface area contributed by atoms with E-state index in [-0.39, 0.29) is 5.56 Å². The van der Waals surface area contributed by atoms with E-state index in [2.05, 4.69) is 15.3 Å². The maximum atomic E-state index is 12.3. The molecule has 0 radical (unpaired) electrons. The van der Waals surface area contributed by atoms with Gasteiger partial charge in [0.15, 0.2) is 0 Å². The third kappa shape index (κ3) is 3.87. The van der Waals surface area contributed by atoms with E-state index in [1.165, 1.54) is 19.4 Å². The molecule has 0 saturated carbocycles. The van der Waals surface area contributed by atoms with Crippen LogP contribution in [0.2, 0.25) is 10.0 Å². The molecule has 1 amide bonds. The summed E-state index contributed by atoms with van der Waals surface area (Å²) in [6.45, 7) is 0. The summed E-state index contributed by atoms with van der Waals surface area (Å²) in [4.78, 5) is 31.3. The number of amides is 1. The molecular weight excluding hydrogens is 377 g/mol. The van der Waals surface area contributed by atoms with E-state index in [1.54, 1.807) is 36.4 Å². The average Bonchev–Trinajstić information content (AvgIpc) is 2.62. The SMILES string of the molecule is COc1ccc(NC(=O)c2cnc(-c3ccc(Cl)cc3)[nH]c2=O)cc1Cl. The number of H-pyrrole nitrogens is 1. The minimum absolute atomic E-state index is 0.116. The third-order valence-electron chi connectivity index (χ3n) is 3.57. The van der Waals surface area contributed by atoms with Gasteiger partial charge >= 0.3 is 0 Å². The van der Waals surface area contributed by atoms with E-state index in [9.17, 15) is 9.59 Å². The van der Waals surface area contributed by atoms with E-state index in [0.717, 1.165) is 0 Å². The zero-order valence-electron chi connectivity index (χ0n) is 13.5. The molecule has 0 atom stereocenters. The molecule has 0 saturated heterocycles. The van der Waals surface area contributed by atoms with Gasteiger partial charge in [0.05, 0.1) is 12.1 Å². The molecule has 0 spiro atoms. The van der Waals surface area contributed by atoms with E-state index in [0.29, 0.717) is 32.9 Å². The van der Waals surface area contributed by atoms with Crippen LogP contribution in [0.15, 0.2) is 53.5 Å². The first-order valence-electron chi connectivity index (χ1n) is 7.48. The minimum Gasteiger partial charge on any atom is -0.495 e. The molecule has 0 unspecified atom stereocenters. The van der Waals surface area contributed by atoms with Crippen LogP contribution in [0.4, 0.5) is 5.69 Å². The largest absolute Gasteiger partial charge is 0.495 e. The lowest BCUT2D eigenvalue weighted by Crippen LogP contribution is -2.24. The van der Waals surface area contributed by atoms with Crippen LogP contribution in [-0.2, 0) is 0 Å². The van der Waals surface area contributed by atoms with Crippen molar-refractivity contribution in [1.29, 1.82) is 0 Å². The molecule has 0 aliphatic carbocycles. The van der Waals surface area contributed by atoms with Gasteiger partial charge in [-0.2, -0.15) is 0 Å². The molecule has 6 nitrogen and oxygen atoms in total. The fourth-order valence-corrected chi connectivity index (χ4v) is 2.64. The van der Waals surface area contributed by atoms with Crippen LogP contribution in [0, 0.1) is 0 Å². The maximum absolute atomic E-state index is 12.3. The molecule has 0 aliphatic heterocycles. The Morgan fingerprint density at radius 2 is 1.88 bits per heavy atom. The zero-order valence-corrected chi connectivity index (χ0v) is 15.1. The summed E-state index contributed by atoms with van der Waals surface area (Å²) >= 11 is 11.9. The first kappa shape index (κ1) is 18.0. The summed E-state index contributed by atoms with van der Waals surface area (Å²) < 4.78 is 5.05. The Morgan fingerprint density at radius 3 is 2.50 bits per heavy atom. The molecule has 1 aromatic heterocycles. The first-order valence-corrected chi connectivity index (χ1v) is 8.23. The predicted octanol–water partition coefficient (Wildman–Crippen LogP) is 4.00. The Labute approximate surface area is 158 Å². The van der Waals surface area contributed by atoms with Crippen LogP contribution in [0.5, 0.6) is 5.75 Å². The van der Waals surface area contributed by atoms with Crippen molar-refractivity contribution in [3.8, 4) is 17.1 Å². The Balaban J connectivity index is 1.83. The number of aromatic amines is 1. The molecule has 132 valence electrons. The third-order valence-corrected chi connectivity index (χ3v) is 4.12. The molecule has 2 N–H and O–H groups in total. The van der Waals surface area contributed by atoms with Crippen molar-refractivity contribution in [3.05, 3.63) is 74.6 Å². The van der Waals surface area contributed by atoms with E-state index >= 15 is 0 Å². The monoisotopic (exact) mass is 389 g/mol. The van der Waals surface area contributed by atoms with E-state index < -0.39 is 11.5 Å². The van der Waals surface area contributed by atoms with Crippen molar-refractivity contribution in [2.24, 2.45) is 0 Å². The molecule has 26 heavy (non-hydrogen) atoms. The van der Waals surface area contributed by atoms with Gasteiger partial charge in [-0.05, 0) is 42.5 Å². The van der Waals surface area contributed by atoms with Crippen molar-refractivity contribution in [3.63, 3.8) is 0 Å². The van der Waals surface area contributed by atoms with Gasteiger partial charge in [-0.1, -0.05) is 23.2 Å². The quantitative estimate of drug-likeness (QED) is 0.705. The highest BCUT2D eigenvalue weighted by Crippen LogP contribution is 2.27. The maximum Gasteiger partial charge on any atom is 0.264 e. The highest BCUT2D eigenvalue weighted by molar-refractivity contribution is 6.32. The van der Waals surface area contributed by atoms with Gasteiger partial charge in [0.2, 0.25) is 0 Å². The Kier molecular flexibility index (Phi) is 5.25. The molecular formula is C18H13Cl2N3O3. The second-order valence-corrected chi connectivity index (χ2v) is 6.13. The number of hydrogen-bond donors (Lipinski definition) is 2. The van der Waals surface area contributed by atoms with Gasteiger partial charge in [0.1, 0.15) is 17.1 Å². The summed E-state index contributed by atoms with van der Waals surface area (Å²) in [5.41, 5.74) is 0.444. The van der Waals surface area contributed by atoms with Crippen molar-refractivity contribution in [1.82, 2.24) is 9.97 Å². The number of carbonyl (C=O) groups excluding carboxylic acids is 1. The van der Waals surface area contributed by atoms with E-state index in [4.69, 9.17) is 27.9 Å². The van der Waals surface area contributed by atoms with Gasteiger partial charge in [-0.25, -0.2) is 4.98 Å². The predicted molar refractivity (Wildman–Crippen MR) is 101 cm³/mol. The average molecular weight is 390 g/mol. The number of benzene rings is 2. The number of carbonyl (C=O) groups is 1. The number of nitrogens with zero attached hydrogens (tertiary/aromatic N) is 1. The standard InChI is InChI=1S/C18H13Cl2N3O3/c1-26-15-7-6-12(8-14(15)20)22-17(24)13-9-21-16(23-18(13)25)10-2-4-11(19)5-3-10/h2-9H,1H3,(H,22,24)(H,21,23,25). The normalized spacial score (nSPS) is 10.4. The number of methoxy groups -OCH3 is 1. The molecule has 0 bridgehead atoms.